The molecule has 23 heavy (non-hydrogen) atoms. The Balaban J connectivity index is 2.24. The first-order chi connectivity index (χ1) is 10.9. The number of carbonyl (C=O) groups excluding carboxylic acids is 1. The highest BCUT2D eigenvalue weighted by Crippen LogP contribution is 2.27. The van der Waals surface area contributed by atoms with Gasteiger partial charge in [0.05, 0.1) is 0 Å². The van der Waals surface area contributed by atoms with Crippen molar-refractivity contribution in [2.24, 2.45) is 5.41 Å². The zero-order valence-electron chi connectivity index (χ0n) is 13.7. The molecule has 0 saturated carbocycles. The topological polar surface area (TPSA) is 29.1 Å². The van der Waals surface area contributed by atoms with Crippen molar-refractivity contribution in [2.75, 3.05) is 0 Å². The second-order valence-corrected chi connectivity index (χ2v) is 6.96. The van der Waals surface area contributed by atoms with Crippen LogP contribution in [0.4, 0.5) is 0 Å². The van der Waals surface area contributed by atoms with Crippen LogP contribution in [0, 0.1) is 5.41 Å². The van der Waals surface area contributed by atoms with Crippen LogP contribution in [0.1, 0.15) is 37.8 Å². The lowest BCUT2D eigenvalue weighted by molar-refractivity contribution is -0.127. The van der Waals surface area contributed by atoms with Gasteiger partial charge in [0.1, 0.15) is 0 Å². The molecule has 1 atom stereocenters. The summed E-state index contributed by atoms with van der Waals surface area (Å²) < 4.78 is 0. The molecule has 0 aromatic heterocycles. The minimum Gasteiger partial charge on any atom is -0.333 e. The van der Waals surface area contributed by atoms with Gasteiger partial charge < -0.3 is 5.32 Å². The maximum absolute atomic E-state index is 12.0. The monoisotopic (exact) mass is 327 g/mol. The quantitative estimate of drug-likeness (QED) is 0.826. The molecule has 120 valence electrons. The summed E-state index contributed by atoms with van der Waals surface area (Å²) in [5.41, 5.74) is 1.88. The molecule has 0 heterocycles. The summed E-state index contributed by atoms with van der Waals surface area (Å²) in [4.78, 5) is 12.0. The Hall–Kier alpha value is -2.06. The molecule has 2 aromatic carbocycles. The summed E-state index contributed by atoms with van der Waals surface area (Å²) in [6, 6.07) is 18.0. The summed E-state index contributed by atoms with van der Waals surface area (Å²) in [5, 5.41) is 3.57. The lowest BCUT2D eigenvalue weighted by Crippen LogP contribution is -2.31. The molecule has 3 heteroatoms. The van der Waals surface area contributed by atoms with Gasteiger partial charge in [0.25, 0.3) is 0 Å². The normalized spacial score (nSPS) is 13.0. The summed E-state index contributed by atoms with van der Waals surface area (Å²) in [6.07, 6.45) is 3.74. The third kappa shape index (κ3) is 4.97. The van der Waals surface area contributed by atoms with Crippen LogP contribution in [0.5, 0.6) is 0 Å². The fraction of sp³-hybridized carbons (Fsp3) is 0.250. The first-order valence-corrected chi connectivity index (χ1v) is 8.04. The average Bonchev–Trinajstić information content (AvgIpc) is 2.52. The van der Waals surface area contributed by atoms with Crippen molar-refractivity contribution in [3.05, 3.63) is 83.0 Å². The fourth-order valence-electron chi connectivity index (χ4n) is 2.18. The second kappa shape index (κ2) is 7.47. The summed E-state index contributed by atoms with van der Waals surface area (Å²) in [7, 11) is 0. The second-order valence-electron chi connectivity index (χ2n) is 6.52. The highest BCUT2D eigenvalue weighted by molar-refractivity contribution is 6.30. The van der Waals surface area contributed by atoms with E-state index in [0.717, 1.165) is 11.1 Å². The molecule has 2 nitrogen and oxygen atoms in total. The number of hydrogen-bond acceptors (Lipinski definition) is 1. The predicted octanol–water partition coefficient (Wildman–Crippen LogP) is 5.15. The minimum atomic E-state index is -0.410. The van der Waals surface area contributed by atoms with Gasteiger partial charge in [-0.2, -0.15) is 0 Å². The van der Waals surface area contributed by atoms with Gasteiger partial charge in [-0.3, -0.25) is 4.79 Å². The van der Waals surface area contributed by atoms with E-state index >= 15 is 0 Å². The van der Waals surface area contributed by atoms with Crippen LogP contribution in [-0.2, 0) is 4.79 Å². The molecule has 0 radical (unpaired) electrons. The van der Waals surface area contributed by atoms with Gasteiger partial charge in [-0.1, -0.05) is 80.9 Å². The van der Waals surface area contributed by atoms with Crippen molar-refractivity contribution in [3.63, 3.8) is 0 Å². The molecule has 1 N–H and O–H groups in total. The largest absolute Gasteiger partial charge is 0.333 e. The van der Waals surface area contributed by atoms with Gasteiger partial charge in [0.2, 0.25) is 5.91 Å². The van der Waals surface area contributed by atoms with Crippen LogP contribution in [0.25, 0.3) is 0 Å². The van der Waals surface area contributed by atoms with Gasteiger partial charge in [-0.05, 0) is 23.3 Å². The van der Waals surface area contributed by atoms with Gasteiger partial charge in [0.15, 0.2) is 0 Å². The first-order valence-electron chi connectivity index (χ1n) is 7.66. The van der Waals surface area contributed by atoms with Gasteiger partial charge in [-0.25, -0.2) is 0 Å². The van der Waals surface area contributed by atoms with E-state index in [1.54, 1.807) is 6.20 Å². The number of halogens is 1. The van der Waals surface area contributed by atoms with E-state index in [4.69, 9.17) is 11.6 Å². The van der Waals surface area contributed by atoms with Crippen molar-refractivity contribution < 1.29 is 4.79 Å². The first kappa shape index (κ1) is 17.3. The van der Waals surface area contributed by atoms with Crippen LogP contribution < -0.4 is 5.32 Å². The number of hydrogen-bond donors (Lipinski definition) is 1. The molecule has 0 spiro atoms. The summed E-state index contributed by atoms with van der Waals surface area (Å²) in [5.74, 6) is 0.0606. The van der Waals surface area contributed by atoms with Gasteiger partial charge in [-0.15, -0.1) is 0 Å². The maximum atomic E-state index is 12.0. The zero-order chi connectivity index (χ0) is 16.9. The standard InChI is InChI=1S/C20H22ClNO/c1-20(2,3)19(23)22-14-13-18(15-7-5-4-6-8-15)16-9-11-17(21)12-10-16/h4-14,18H,1-3H3,(H,22,23)/b14-13+. The Morgan fingerprint density at radius 2 is 1.57 bits per heavy atom. The van der Waals surface area contributed by atoms with E-state index in [2.05, 4.69) is 17.4 Å². The van der Waals surface area contributed by atoms with Crippen molar-refractivity contribution in [2.45, 2.75) is 26.7 Å². The minimum absolute atomic E-state index is 0.00309. The molecule has 1 amide bonds. The number of nitrogens with one attached hydrogen (secondary N) is 1. The number of benzene rings is 2. The lowest BCUT2D eigenvalue weighted by Gasteiger charge is -2.17. The van der Waals surface area contributed by atoms with Crippen molar-refractivity contribution in [1.29, 1.82) is 0 Å². The molecule has 2 rings (SSSR count). The average molecular weight is 328 g/mol. The Morgan fingerprint density at radius 1 is 1.00 bits per heavy atom. The van der Waals surface area contributed by atoms with E-state index < -0.39 is 5.41 Å². The maximum Gasteiger partial charge on any atom is 0.229 e. The molecule has 0 saturated heterocycles. The molecule has 0 aliphatic carbocycles. The molecule has 0 aliphatic rings. The van der Waals surface area contributed by atoms with Gasteiger partial charge in [0, 0.05) is 22.6 Å². The summed E-state index contributed by atoms with van der Waals surface area (Å²) in [6.45, 7) is 5.68. The van der Waals surface area contributed by atoms with E-state index in [1.807, 2.05) is 69.3 Å². The Labute approximate surface area is 143 Å². The number of amides is 1. The lowest BCUT2D eigenvalue weighted by atomic mass is 9.91. The molecule has 1 unspecified atom stereocenters. The fourth-order valence-corrected chi connectivity index (χ4v) is 2.31. The van der Waals surface area contributed by atoms with E-state index in [-0.39, 0.29) is 11.8 Å². The molecule has 0 bridgehead atoms. The molecule has 0 aliphatic heterocycles. The number of carbonyl (C=O) groups is 1. The number of allylic oxidation sites excluding steroid dienone is 1. The predicted molar refractivity (Wildman–Crippen MR) is 96.5 cm³/mol. The molecule has 2 aromatic rings. The number of rotatable bonds is 4. The molecular weight excluding hydrogens is 306 g/mol. The van der Waals surface area contributed by atoms with Crippen LogP contribution in [0.3, 0.4) is 0 Å². The smallest absolute Gasteiger partial charge is 0.229 e. The van der Waals surface area contributed by atoms with Crippen molar-refractivity contribution in [1.82, 2.24) is 5.32 Å². The highest BCUT2D eigenvalue weighted by atomic mass is 35.5. The third-order valence-corrected chi connectivity index (χ3v) is 3.82. The SMILES string of the molecule is CC(C)(C)C(=O)N/C=C/C(c1ccccc1)c1ccc(Cl)cc1. The van der Waals surface area contributed by atoms with Crippen LogP contribution >= 0.6 is 11.6 Å². The van der Waals surface area contributed by atoms with Crippen LogP contribution in [0.15, 0.2) is 66.9 Å². The Morgan fingerprint density at radius 3 is 2.13 bits per heavy atom. The van der Waals surface area contributed by atoms with Crippen LogP contribution in [-0.4, -0.2) is 5.91 Å². The Bertz CT molecular complexity index is 669. The van der Waals surface area contributed by atoms with Gasteiger partial charge >= 0.3 is 0 Å². The van der Waals surface area contributed by atoms with Crippen LogP contribution in [0.2, 0.25) is 5.02 Å². The molecular formula is C20H22ClNO. The molecule has 0 fully saturated rings. The third-order valence-electron chi connectivity index (χ3n) is 3.57. The van der Waals surface area contributed by atoms with Crippen molar-refractivity contribution in [3.8, 4) is 0 Å². The highest BCUT2D eigenvalue weighted by Gasteiger charge is 2.20. The van der Waals surface area contributed by atoms with Crippen molar-refractivity contribution >= 4 is 17.5 Å². The zero-order valence-corrected chi connectivity index (χ0v) is 14.5. The Kier molecular flexibility index (Phi) is 5.62. The van der Waals surface area contributed by atoms with E-state index in [9.17, 15) is 4.79 Å². The summed E-state index contributed by atoms with van der Waals surface area (Å²) >= 11 is 5.98. The van der Waals surface area contributed by atoms with E-state index in [1.165, 1.54) is 0 Å². The van der Waals surface area contributed by atoms with E-state index in [0.29, 0.717) is 5.02 Å².